The lowest BCUT2D eigenvalue weighted by molar-refractivity contribution is -0.140. The number of methoxy groups -OCH3 is 2. The third-order valence-electron chi connectivity index (χ3n) is 6.70. The molecule has 1 atom stereocenters. The zero-order chi connectivity index (χ0) is 26.4. The van der Waals surface area contributed by atoms with Gasteiger partial charge in [-0.05, 0) is 53.6 Å². The number of aliphatic hydroxyl groups is 1. The highest BCUT2D eigenvalue weighted by Gasteiger charge is 2.46. The molecule has 0 aromatic heterocycles. The fraction of sp³-hybridized carbons (Fsp3) is 0.214. The van der Waals surface area contributed by atoms with Gasteiger partial charge < -0.3 is 38.4 Å². The molecule has 1 N–H and O–H groups in total. The molecule has 1 saturated heterocycles. The van der Waals surface area contributed by atoms with Crippen LogP contribution in [0.15, 0.2) is 60.2 Å². The van der Waals surface area contributed by atoms with E-state index in [0.717, 1.165) is 5.56 Å². The number of nitrogens with zero attached hydrogens (tertiary/aromatic N) is 1. The van der Waals surface area contributed by atoms with Gasteiger partial charge in [0.1, 0.15) is 5.76 Å². The van der Waals surface area contributed by atoms with Gasteiger partial charge in [-0.3, -0.25) is 9.59 Å². The number of rotatable bonds is 6. The van der Waals surface area contributed by atoms with Gasteiger partial charge in [-0.15, -0.1) is 0 Å². The van der Waals surface area contributed by atoms with Crippen LogP contribution >= 0.6 is 0 Å². The van der Waals surface area contributed by atoms with Gasteiger partial charge in [0, 0.05) is 12.1 Å². The number of hydrogen-bond donors (Lipinski definition) is 1. The predicted octanol–water partition coefficient (Wildman–Crippen LogP) is 3.78. The maximum Gasteiger partial charge on any atom is 0.295 e. The Hall–Kier alpha value is -4.86. The summed E-state index contributed by atoms with van der Waals surface area (Å²) in [5, 5.41) is 11.4. The van der Waals surface area contributed by atoms with E-state index < -0.39 is 17.7 Å². The normalized spacial score (nSPS) is 18.7. The lowest BCUT2D eigenvalue weighted by atomic mass is 9.94. The van der Waals surface area contributed by atoms with Crippen molar-refractivity contribution in [2.24, 2.45) is 0 Å². The van der Waals surface area contributed by atoms with Crippen molar-refractivity contribution in [3.63, 3.8) is 0 Å². The number of amides is 1. The lowest BCUT2D eigenvalue weighted by Crippen LogP contribution is -2.29. The zero-order valence-corrected chi connectivity index (χ0v) is 20.6. The number of Topliss-reactive ketones (excluding diaryl/α,β-unsaturated/α-hetero) is 1. The van der Waals surface area contributed by atoms with Gasteiger partial charge >= 0.3 is 0 Å². The molecule has 10 heteroatoms. The molecule has 0 aliphatic carbocycles. The largest absolute Gasteiger partial charge is 0.507 e. The Labute approximate surface area is 217 Å². The number of aliphatic hydroxyl groups excluding tert-OH is 1. The standard InChI is InChI=1S/C28H23NO9/c1-33-18-7-5-17(11-21(18)34-2)26(30)24-25(16-4-8-20-23(10-16)38-14-36-20)29(28(32)27(24)31)12-15-3-6-19-22(9-15)37-13-35-19/h3-11,25,30H,12-14H2,1-2H3/t25-/m1/s1. The third-order valence-corrected chi connectivity index (χ3v) is 6.70. The summed E-state index contributed by atoms with van der Waals surface area (Å²) in [6.07, 6.45) is 0. The van der Waals surface area contributed by atoms with E-state index >= 15 is 0 Å². The summed E-state index contributed by atoms with van der Waals surface area (Å²) in [6, 6.07) is 14.4. The van der Waals surface area contributed by atoms with Crippen molar-refractivity contribution < 1.29 is 43.1 Å². The first kappa shape index (κ1) is 23.5. The number of carbonyl (C=O) groups is 2. The smallest absolute Gasteiger partial charge is 0.295 e. The number of likely N-dealkylation sites (tertiary alicyclic amines) is 1. The van der Waals surface area contributed by atoms with Crippen LogP contribution in [0.4, 0.5) is 0 Å². The van der Waals surface area contributed by atoms with E-state index in [1.807, 2.05) is 0 Å². The molecule has 10 nitrogen and oxygen atoms in total. The first-order valence-electron chi connectivity index (χ1n) is 11.8. The van der Waals surface area contributed by atoms with Gasteiger partial charge in [-0.2, -0.15) is 0 Å². The van der Waals surface area contributed by atoms with Crippen LogP contribution in [0, 0.1) is 0 Å². The van der Waals surface area contributed by atoms with Crippen LogP contribution < -0.4 is 28.4 Å². The molecule has 1 amide bonds. The number of ketones is 1. The van der Waals surface area contributed by atoms with E-state index in [1.165, 1.54) is 19.1 Å². The van der Waals surface area contributed by atoms with Crippen molar-refractivity contribution in [3.05, 3.63) is 76.9 Å². The minimum Gasteiger partial charge on any atom is -0.507 e. The van der Waals surface area contributed by atoms with Crippen LogP contribution in [-0.2, 0) is 16.1 Å². The third kappa shape index (κ3) is 3.81. The summed E-state index contributed by atoms with van der Waals surface area (Å²) in [5.41, 5.74) is 1.56. The van der Waals surface area contributed by atoms with Gasteiger partial charge in [0.05, 0.1) is 25.8 Å². The fourth-order valence-electron chi connectivity index (χ4n) is 4.85. The molecule has 3 aromatic carbocycles. The predicted molar refractivity (Wildman–Crippen MR) is 133 cm³/mol. The van der Waals surface area contributed by atoms with Crippen LogP contribution in [0.1, 0.15) is 22.7 Å². The highest BCUT2D eigenvalue weighted by molar-refractivity contribution is 6.46. The minimum absolute atomic E-state index is 0.0539. The summed E-state index contributed by atoms with van der Waals surface area (Å²) in [7, 11) is 2.97. The number of hydrogen-bond acceptors (Lipinski definition) is 9. The molecule has 194 valence electrons. The Morgan fingerprint density at radius 3 is 2.21 bits per heavy atom. The monoisotopic (exact) mass is 517 g/mol. The number of ether oxygens (including phenoxy) is 6. The summed E-state index contributed by atoms with van der Waals surface area (Å²) in [4.78, 5) is 28.3. The van der Waals surface area contributed by atoms with Gasteiger partial charge in [0.2, 0.25) is 13.6 Å². The second-order valence-electron chi connectivity index (χ2n) is 8.80. The van der Waals surface area contributed by atoms with E-state index in [2.05, 4.69) is 0 Å². The van der Waals surface area contributed by atoms with Crippen molar-refractivity contribution in [2.45, 2.75) is 12.6 Å². The molecular weight excluding hydrogens is 494 g/mol. The van der Waals surface area contributed by atoms with Gasteiger partial charge in [0.25, 0.3) is 11.7 Å². The fourth-order valence-corrected chi connectivity index (χ4v) is 4.85. The van der Waals surface area contributed by atoms with E-state index in [9.17, 15) is 14.7 Å². The molecule has 3 aliphatic heterocycles. The molecule has 0 radical (unpaired) electrons. The molecule has 0 saturated carbocycles. The molecule has 38 heavy (non-hydrogen) atoms. The van der Waals surface area contributed by atoms with Crippen molar-refractivity contribution in [3.8, 4) is 34.5 Å². The average Bonchev–Trinajstić information content (AvgIpc) is 3.66. The molecule has 0 bridgehead atoms. The molecular formula is C28H23NO9. The van der Waals surface area contributed by atoms with Crippen LogP contribution in [0.25, 0.3) is 5.76 Å². The Morgan fingerprint density at radius 1 is 0.842 bits per heavy atom. The molecule has 3 aliphatic rings. The summed E-state index contributed by atoms with van der Waals surface area (Å²) in [6.45, 7) is 0.274. The highest BCUT2D eigenvalue weighted by Crippen LogP contribution is 2.44. The Bertz CT molecular complexity index is 1500. The lowest BCUT2D eigenvalue weighted by Gasteiger charge is -2.25. The van der Waals surface area contributed by atoms with Crippen LogP contribution in [0.2, 0.25) is 0 Å². The second-order valence-corrected chi connectivity index (χ2v) is 8.80. The van der Waals surface area contributed by atoms with E-state index in [4.69, 9.17) is 28.4 Å². The van der Waals surface area contributed by atoms with E-state index in [0.29, 0.717) is 45.6 Å². The minimum atomic E-state index is -0.900. The SMILES string of the molecule is COc1ccc(C(O)=C2C(=O)C(=O)N(Cc3ccc4c(c3)OCO4)[C@@H]2c2ccc3c(c2)OCO3)cc1OC. The van der Waals surface area contributed by atoms with Gasteiger partial charge in [-0.25, -0.2) is 0 Å². The number of carbonyl (C=O) groups excluding carboxylic acids is 2. The molecule has 3 aromatic rings. The quantitative estimate of drug-likeness (QED) is 0.296. The first-order valence-corrected chi connectivity index (χ1v) is 11.8. The Morgan fingerprint density at radius 2 is 1.50 bits per heavy atom. The van der Waals surface area contributed by atoms with Crippen molar-refractivity contribution in [2.75, 3.05) is 27.8 Å². The van der Waals surface area contributed by atoms with Crippen LogP contribution in [0.3, 0.4) is 0 Å². The number of benzene rings is 3. The van der Waals surface area contributed by atoms with E-state index in [1.54, 1.807) is 54.6 Å². The Balaban J connectivity index is 1.47. The van der Waals surface area contributed by atoms with Gasteiger partial charge in [-0.1, -0.05) is 12.1 Å². The molecule has 1 fully saturated rings. The molecule has 0 spiro atoms. The Kier molecular flexibility index (Phi) is 5.71. The zero-order valence-electron chi connectivity index (χ0n) is 20.6. The number of fused-ring (bicyclic) bond motifs is 2. The average molecular weight is 517 g/mol. The highest BCUT2D eigenvalue weighted by atomic mass is 16.7. The van der Waals surface area contributed by atoms with Gasteiger partial charge in [0.15, 0.2) is 34.5 Å². The second kappa shape index (κ2) is 9.22. The summed E-state index contributed by atoms with van der Waals surface area (Å²) in [5.74, 6) is 1.16. The van der Waals surface area contributed by atoms with Crippen LogP contribution in [0.5, 0.6) is 34.5 Å². The summed E-state index contributed by atoms with van der Waals surface area (Å²) >= 11 is 0. The van der Waals surface area contributed by atoms with Crippen molar-refractivity contribution in [1.29, 1.82) is 0 Å². The molecule has 6 rings (SSSR count). The molecule has 0 unspecified atom stereocenters. The topological polar surface area (TPSA) is 113 Å². The van der Waals surface area contributed by atoms with Crippen molar-refractivity contribution in [1.82, 2.24) is 4.90 Å². The van der Waals surface area contributed by atoms with Crippen molar-refractivity contribution >= 4 is 17.4 Å². The maximum absolute atomic E-state index is 13.4. The van der Waals surface area contributed by atoms with E-state index in [-0.39, 0.29) is 31.5 Å². The van der Waals surface area contributed by atoms with Crippen LogP contribution in [-0.4, -0.2) is 49.5 Å². The first-order chi connectivity index (χ1) is 18.5. The maximum atomic E-state index is 13.4. The molecule has 3 heterocycles. The summed E-state index contributed by atoms with van der Waals surface area (Å²) < 4.78 is 32.5.